The fourth-order valence-electron chi connectivity index (χ4n) is 5.66. The van der Waals surface area contributed by atoms with Crippen LogP contribution in [0.15, 0.2) is 83.8 Å². The molecule has 0 aliphatic heterocycles. The highest BCUT2D eigenvalue weighted by atomic mass is 32.2. The highest BCUT2D eigenvalue weighted by molar-refractivity contribution is 7.89. The molecule has 0 fully saturated rings. The second-order valence-corrected chi connectivity index (χ2v) is 15.4. The fraction of sp³-hybridized carbons (Fsp3) is 0.487. The second-order valence-electron chi connectivity index (χ2n) is 12.6. The van der Waals surface area contributed by atoms with Gasteiger partial charge in [0.25, 0.3) is 11.3 Å². The molecular formula is C39H55N3O7S2. The lowest BCUT2D eigenvalue weighted by molar-refractivity contribution is -0.118. The molecule has 280 valence electrons. The van der Waals surface area contributed by atoms with Crippen LogP contribution in [0.5, 0.6) is 11.5 Å². The van der Waals surface area contributed by atoms with Crippen molar-refractivity contribution in [1.29, 1.82) is 0 Å². The van der Waals surface area contributed by atoms with Crippen molar-refractivity contribution in [3.63, 3.8) is 0 Å². The van der Waals surface area contributed by atoms with Crippen molar-refractivity contribution in [3.8, 4) is 11.5 Å². The number of hydrogen-bond acceptors (Lipinski definition) is 7. The number of para-hydroxylation sites is 1. The predicted octanol–water partition coefficient (Wildman–Crippen LogP) is 8.09. The van der Waals surface area contributed by atoms with Gasteiger partial charge in [0, 0.05) is 25.2 Å². The van der Waals surface area contributed by atoms with Crippen LogP contribution in [0.4, 0.5) is 5.69 Å². The van der Waals surface area contributed by atoms with Gasteiger partial charge in [-0.05, 0) is 43.2 Å². The summed E-state index contributed by atoms with van der Waals surface area (Å²) in [6, 6.07) is 21.2. The minimum absolute atomic E-state index is 0.0250. The van der Waals surface area contributed by atoms with Gasteiger partial charge in [-0.2, -0.15) is 8.51 Å². The van der Waals surface area contributed by atoms with Gasteiger partial charge in [0.05, 0.1) is 17.7 Å². The van der Waals surface area contributed by atoms with Crippen LogP contribution in [0.2, 0.25) is 0 Å². The molecule has 12 heteroatoms. The topological polar surface area (TPSA) is 131 Å². The highest BCUT2D eigenvalue weighted by Gasteiger charge is 2.30. The fourth-order valence-corrected chi connectivity index (χ4v) is 7.85. The van der Waals surface area contributed by atoms with E-state index in [0.29, 0.717) is 18.8 Å². The zero-order chi connectivity index (χ0) is 36.9. The Labute approximate surface area is 307 Å². The molecule has 0 saturated carbocycles. The number of carbonyl (C=O) groups is 2. The van der Waals surface area contributed by atoms with E-state index >= 15 is 0 Å². The minimum Gasteiger partial charge on any atom is -0.495 e. The summed E-state index contributed by atoms with van der Waals surface area (Å²) in [5.41, 5.74) is 0.396. The number of rotatable bonds is 26. The Morgan fingerprint density at radius 1 is 0.765 bits per heavy atom. The molecule has 2 N–H and O–H groups in total. The Bertz CT molecular complexity index is 1590. The zero-order valence-corrected chi connectivity index (χ0v) is 31.9. The molecule has 0 saturated heterocycles. The van der Waals surface area contributed by atoms with E-state index in [1.165, 1.54) is 38.2 Å². The number of sulfonamides is 1. The molecule has 3 rings (SSSR count). The van der Waals surface area contributed by atoms with E-state index in [1.807, 2.05) is 0 Å². The lowest BCUT2D eigenvalue weighted by atomic mass is 9.96. The number of anilines is 1. The van der Waals surface area contributed by atoms with Crippen molar-refractivity contribution in [1.82, 2.24) is 9.03 Å². The van der Waals surface area contributed by atoms with E-state index in [9.17, 15) is 22.2 Å². The monoisotopic (exact) mass is 741 g/mol. The van der Waals surface area contributed by atoms with Crippen LogP contribution in [0.25, 0.3) is 0 Å². The Kier molecular flexibility index (Phi) is 18.9. The third-order valence-corrected chi connectivity index (χ3v) is 11.2. The van der Waals surface area contributed by atoms with Crippen molar-refractivity contribution >= 4 is 38.7 Å². The highest BCUT2D eigenvalue weighted by Crippen LogP contribution is 2.30. The van der Waals surface area contributed by atoms with Crippen LogP contribution >= 0.6 is 0 Å². The molecule has 51 heavy (non-hydrogen) atoms. The van der Waals surface area contributed by atoms with Crippen LogP contribution in [-0.4, -0.2) is 55.4 Å². The van der Waals surface area contributed by atoms with Crippen molar-refractivity contribution in [2.24, 2.45) is 5.92 Å². The molecule has 2 unspecified atom stereocenters. The molecule has 0 aliphatic carbocycles. The molecule has 0 radical (unpaired) electrons. The van der Waals surface area contributed by atoms with Crippen molar-refractivity contribution < 1.29 is 31.1 Å². The lowest BCUT2D eigenvalue weighted by Gasteiger charge is -2.23. The Balaban J connectivity index is 1.82. The van der Waals surface area contributed by atoms with Gasteiger partial charge in [-0.1, -0.05) is 127 Å². The predicted molar refractivity (Wildman–Crippen MR) is 205 cm³/mol. The van der Waals surface area contributed by atoms with Gasteiger partial charge in [-0.3, -0.25) is 9.59 Å². The maximum absolute atomic E-state index is 14.1. The van der Waals surface area contributed by atoms with Crippen LogP contribution in [0, 0.1) is 5.92 Å². The molecule has 0 spiro atoms. The second kappa shape index (κ2) is 23.1. The molecule has 2 atom stereocenters. The standard InChI is InChI=1S/C39H55N3O7S2/c1-4-6-8-10-12-20-28-42(29-21-13-11-9-7-5-2)51(46,47)34-26-27-37(48-3)36(30-34)41-39(44)35(38(43)32-22-16-14-17-23-32)31-40-50(45)49-33-24-18-15-19-25-33/h14-19,22-27,30,35,40H,4-13,20-21,28-29,31H2,1-3H3,(H,41,44). The molecule has 0 aliphatic rings. The number of methoxy groups -OCH3 is 1. The normalized spacial score (nSPS) is 12.7. The Hall–Kier alpha value is -3.58. The van der Waals surface area contributed by atoms with E-state index in [1.54, 1.807) is 65.0 Å². The maximum Gasteiger partial charge on any atom is 0.288 e. The van der Waals surface area contributed by atoms with Crippen LogP contribution in [0.3, 0.4) is 0 Å². The number of ketones is 1. The molecule has 3 aromatic carbocycles. The van der Waals surface area contributed by atoms with E-state index in [4.69, 9.17) is 8.92 Å². The first-order chi connectivity index (χ1) is 24.7. The molecule has 1 amide bonds. The molecule has 0 heterocycles. The van der Waals surface area contributed by atoms with E-state index < -0.39 is 38.9 Å². The smallest absolute Gasteiger partial charge is 0.288 e. The average Bonchev–Trinajstić information content (AvgIpc) is 3.14. The van der Waals surface area contributed by atoms with Crippen molar-refractivity contribution in [3.05, 3.63) is 84.4 Å². The van der Waals surface area contributed by atoms with Crippen LogP contribution in [-0.2, 0) is 26.1 Å². The molecule has 0 aromatic heterocycles. The zero-order valence-electron chi connectivity index (χ0n) is 30.3. The summed E-state index contributed by atoms with van der Waals surface area (Å²) in [6.45, 7) is 4.85. The number of unbranched alkanes of at least 4 members (excludes halogenated alkanes) is 10. The quantitative estimate of drug-likeness (QED) is 0.0483. The van der Waals surface area contributed by atoms with Gasteiger partial charge in [0.15, 0.2) is 5.78 Å². The summed E-state index contributed by atoms with van der Waals surface area (Å²) >= 11 is -2.06. The van der Waals surface area contributed by atoms with Crippen molar-refractivity contribution in [2.45, 2.75) is 95.8 Å². The van der Waals surface area contributed by atoms with Gasteiger partial charge in [-0.15, -0.1) is 0 Å². The summed E-state index contributed by atoms with van der Waals surface area (Å²) in [5, 5.41) is 2.73. The first-order valence-electron chi connectivity index (χ1n) is 18.2. The minimum atomic E-state index is -3.92. The maximum atomic E-state index is 14.1. The number of carbonyl (C=O) groups excluding carboxylic acids is 2. The summed E-state index contributed by atoms with van der Waals surface area (Å²) in [5.74, 6) is -1.99. The number of Topliss-reactive ketones (excluding diaryl/α,β-unsaturated/α-hetero) is 1. The van der Waals surface area contributed by atoms with Crippen LogP contribution < -0.4 is 19.0 Å². The molecule has 0 bridgehead atoms. The Morgan fingerprint density at radius 3 is 1.88 bits per heavy atom. The third kappa shape index (κ3) is 14.2. The molecule has 10 nitrogen and oxygen atoms in total. The van der Waals surface area contributed by atoms with Gasteiger partial charge in [0.1, 0.15) is 17.4 Å². The number of nitrogens with zero attached hydrogens (tertiary/aromatic N) is 1. The summed E-state index contributed by atoms with van der Waals surface area (Å²) in [4.78, 5) is 27.5. The van der Waals surface area contributed by atoms with E-state index in [-0.39, 0.29) is 28.4 Å². The van der Waals surface area contributed by atoms with Crippen molar-refractivity contribution in [2.75, 3.05) is 32.1 Å². The number of ether oxygens (including phenoxy) is 1. The van der Waals surface area contributed by atoms with Gasteiger partial charge >= 0.3 is 0 Å². The summed E-state index contributed by atoms with van der Waals surface area (Å²) in [7, 11) is -2.50. The Morgan fingerprint density at radius 2 is 1.31 bits per heavy atom. The first-order valence-corrected chi connectivity index (χ1v) is 20.7. The lowest BCUT2D eigenvalue weighted by Crippen LogP contribution is -2.39. The summed E-state index contributed by atoms with van der Waals surface area (Å²) < 4.78 is 56.0. The molecular weight excluding hydrogens is 687 g/mol. The van der Waals surface area contributed by atoms with Gasteiger partial charge < -0.3 is 14.2 Å². The first kappa shape index (κ1) is 41.8. The van der Waals surface area contributed by atoms with E-state index in [2.05, 4.69) is 23.9 Å². The number of benzene rings is 3. The number of nitrogens with one attached hydrogen (secondary N) is 2. The SMILES string of the molecule is CCCCCCCCN(CCCCCCCC)S(=O)(=O)c1ccc(OC)c(NC(=O)C(CNS(=O)Oc2ccccc2)C(=O)c2ccccc2)c1. The number of hydrogen-bond donors (Lipinski definition) is 2. The van der Waals surface area contributed by atoms with Gasteiger partial charge in [-0.25, -0.2) is 13.1 Å². The average molecular weight is 742 g/mol. The molecule has 3 aromatic rings. The largest absolute Gasteiger partial charge is 0.495 e. The third-order valence-electron chi connectivity index (χ3n) is 8.60. The number of amides is 1. The van der Waals surface area contributed by atoms with Crippen LogP contribution in [0.1, 0.15) is 101 Å². The summed E-state index contributed by atoms with van der Waals surface area (Å²) in [6.07, 6.45) is 12.5. The van der Waals surface area contributed by atoms with Gasteiger partial charge in [0.2, 0.25) is 15.9 Å². The van der Waals surface area contributed by atoms with E-state index in [0.717, 1.165) is 64.2 Å².